The second-order valence-electron chi connectivity index (χ2n) is 2.74. The zero-order chi connectivity index (χ0) is 9.84. The predicted molar refractivity (Wildman–Crippen MR) is 54.4 cm³/mol. The molecule has 0 heterocycles. The number of nitrogens with two attached hydrogens (primary N) is 1. The van der Waals surface area contributed by atoms with Gasteiger partial charge in [-0.05, 0) is 36.3 Å². The van der Waals surface area contributed by atoms with Gasteiger partial charge in [0.2, 0.25) is 5.91 Å². The van der Waals surface area contributed by atoms with Gasteiger partial charge >= 0.3 is 0 Å². The Labute approximate surface area is 82.0 Å². The predicted octanol–water partition coefficient (Wildman–Crippen LogP) is 2.15. The number of carbonyl (C=O) groups excluding carboxylic acids is 1. The maximum atomic E-state index is 10.5. The lowest BCUT2D eigenvalue weighted by Gasteiger charge is -1.99. The molecule has 0 aliphatic carbocycles. The Hall–Kier alpha value is -1.28. The molecule has 13 heavy (non-hydrogen) atoms. The molecule has 0 saturated heterocycles. The van der Waals surface area contributed by atoms with E-state index in [4.69, 9.17) is 17.3 Å². The van der Waals surface area contributed by atoms with Crippen LogP contribution in [0.4, 0.5) is 0 Å². The molecule has 0 spiro atoms. The molecule has 68 valence electrons. The van der Waals surface area contributed by atoms with Gasteiger partial charge in [-0.1, -0.05) is 17.7 Å². The monoisotopic (exact) mass is 195 g/mol. The Kier molecular flexibility index (Phi) is 3.09. The highest BCUT2D eigenvalue weighted by atomic mass is 35.5. The molecule has 0 radical (unpaired) electrons. The van der Waals surface area contributed by atoms with Gasteiger partial charge < -0.3 is 5.73 Å². The number of hydrogen-bond acceptors (Lipinski definition) is 1. The molecule has 0 unspecified atom stereocenters. The summed E-state index contributed by atoms with van der Waals surface area (Å²) in [5.41, 5.74) is 6.93. The van der Waals surface area contributed by atoms with E-state index in [1.165, 1.54) is 6.08 Å². The second-order valence-corrected chi connectivity index (χ2v) is 3.17. The fourth-order valence-electron chi connectivity index (χ4n) is 0.998. The summed E-state index contributed by atoms with van der Waals surface area (Å²) in [4.78, 5) is 10.5. The van der Waals surface area contributed by atoms with Gasteiger partial charge in [-0.2, -0.15) is 0 Å². The molecule has 2 nitrogen and oxygen atoms in total. The van der Waals surface area contributed by atoms with Crippen molar-refractivity contribution in [1.82, 2.24) is 0 Å². The summed E-state index contributed by atoms with van der Waals surface area (Å²) in [5, 5.41) is 0.689. The lowest BCUT2D eigenvalue weighted by molar-refractivity contribution is -0.113. The number of hydrogen-bond donors (Lipinski definition) is 1. The Morgan fingerprint density at radius 2 is 2.23 bits per heavy atom. The first-order valence-corrected chi connectivity index (χ1v) is 4.21. The molecule has 0 aromatic heterocycles. The molecule has 1 aromatic carbocycles. The van der Waals surface area contributed by atoms with Crippen molar-refractivity contribution >= 4 is 23.6 Å². The Morgan fingerprint density at radius 3 is 2.77 bits per heavy atom. The zero-order valence-corrected chi connectivity index (χ0v) is 8.01. The van der Waals surface area contributed by atoms with Gasteiger partial charge in [0.15, 0.2) is 0 Å². The van der Waals surface area contributed by atoms with E-state index in [1.54, 1.807) is 12.1 Å². The van der Waals surface area contributed by atoms with Crippen LogP contribution in [-0.4, -0.2) is 5.91 Å². The van der Waals surface area contributed by atoms with Crippen molar-refractivity contribution in [3.8, 4) is 0 Å². The SMILES string of the molecule is Cc1cc(Cl)ccc1/C=C/C(N)=O. The van der Waals surface area contributed by atoms with Gasteiger partial charge in [-0.25, -0.2) is 0 Å². The summed E-state index contributed by atoms with van der Waals surface area (Å²) in [6.07, 6.45) is 3.00. The molecule has 0 aliphatic rings. The number of carbonyl (C=O) groups is 1. The van der Waals surface area contributed by atoms with E-state index >= 15 is 0 Å². The first kappa shape index (κ1) is 9.81. The van der Waals surface area contributed by atoms with E-state index in [-0.39, 0.29) is 0 Å². The van der Waals surface area contributed by atoms with Crippen LogP contribution in [0.5, 0.6) is 0 Å². The van der Waals surface area contributed by atoms with Crippen molar-refractivity contribution in [3.05, 3.63) is 40.4 Å². The van der Waals surface area contributed by atoms with Gasteiger partial charge in [0.1, 0.15) is 0 Å². The van der Waals surface area contributed by atoms with Crippen LogP contribution in [0.2, 0.25) is 5.02 Å². The lowest BCUT2D eigenvalue weighted by Crippen LogP contribution is -2.05. The van der Waals surface area contributed by atoms with E-state index in [0.29, 0.717) is 5.02 Å². The first-order valence-electron chi connectivity index (χ1n) is 3.83. The molecule has 0 saturated carbocycles. The summed E-state index contributed by atoms with van der Waals surface area (Å²) >= 11 is 5.76. The summed E-state index contributed by atoms with van der Waals surface area (Å²) in [5.74, 6) is -0.450. The molecule has 0 fully saturated rings. The Balaban J connectivity index is 2.96. The Bertz CT molecular complexity index is 358. The summed E-state index contributed by atoms with van der Waals surface area (Å²) < 4.78 is 0. The van der Waals surface area contributed by atoms with Crippen LogP contribution in [0, 0.1) is 6.92 Å². The molecule has 0 aliphatic heterocycles. The number of aryl methyl sites for hydroxylation is 1. The minimum atomic E-state index is -0.450. The number of benzene rings is 1. The summed E-state index contributed by atoms with van der Waals surface area (Å²) in [6.45, 7) is 1.92. The molecule has 0 bridgehead atoms. The maximum absolute atomic E-state index is 10.5. The second kappa shape index (κ2) is 4.10. The third kappa shape index (κ3) is 2.92. The third-order valence-corrected chi connectivity index (χ3v) is 1.89. The normalized spacial score (nSPS) is 10.6. The third-order valence-electron chi connectivity index (χ3n) is 1.66. The van der Waals surface area contributed by atoms with Gasteiger partial charge in [0.25, 0.3) is 0 Å². The quantitative estimate of drug-likeness (QED) is 0.722. The van der Waals surface area contributed by atoms with Crippen LogP contribution >= 0.6 is 11.6 Å². The van der Waals surface area contributed by atoms with Crippen molar-refractivity contribution in [3.63, 3.8) is 0 Å². The molecule has 1 rings (SSSR count). The van der Waals surface area contributed by atoms with E-state index in [0.717, 1.165) is 11.1 Å². The average Bonchev–Trinajstić information content (AvgIpc) is 2.02. The van der Waals surface area contributed by atoms with Gasteiger partial charge in [-0.15, -0.1) is 0 Å². The molecule has 3 heteroatoms. The van der Waals surface area contributed by atoms with Crippen LogP contribution in [0.1, 0.15) is 11.1 Å². The fourth-order valence-corrected chi connectivity index (χ4v) is 1.22. The fraction of sp³-hybridized carbons (Fsp3) is 0.100. The van der Waals surface area contributed by atoms with Crippen LogP contribution in [0.25, 0.3) is 6.08 Å². The Morgan fingerprint density at radius 1 is 1.54 bits per heavy atom. The van der Waals surface area contributed by atoms with Crippen LogP contribution in [-0.2, 0) is 4.79 Å². The standard InChI is InChI=1S/C10H10ClNO/c1-7-6-9(11)4-2-8(7)3-5-10(12)13/h2-6H,1H3,(H2,12,13)/b5-3+. The first-order chi connectivity index (χ1) is 6.09. The number of amides is 1. The minimum absolute atomic E-state index is 0.450. The molecule has 2 N–H and O–H groups in total. The van der Waals surface area contributed by atoms with Crippen molar-refractivity contribution in [2.75, 3.05) is 0 Å². The van der Waals surface area contributed by atoms with E-state index in [1.807, 2.05) is 19.1 Å². The smallest absolute Gasteiger partial charge is 0.241 e. The average molecular weight is 196 g/mol. The highest BCUT2D eigenvalue weighted by molar-refractivity contribution is 6.30. The largest absolute Gasteiger partial charge is 0.366 e. The molecule has 1 aromatic rings. The zero-order valence-electron chi connectivity index (χ0n) is 7.25. The maximum Gasteiger partial charge on any atom is 0.241 e. The van der Waals surface area contributed by atoms with Gasteiger partial charge in [-0.3, -0.25) is 4.79 Å². The van der Waals surface area contributed by atoms with Crippen molar-refractivity contribution in [2.45, 2.75) is 6.92 Å². The van der Waals surface area contributed by atoms with Crippen molar-refractivity contribution in [1.29, 1.82) is 0 Å². The molecule has 1 amide bonds. The highest BCUT2D eigenvalue weighted by Crippen LogP contribution is 2.16. The molecular weight excluding hydrogens is 186 g/mol. The number of primary amides is 1. The lowest BCUT2D eigenvalue weighted by atomic mass is 10.1. The van der Waals surface area contributed by atoms with Crippen LogP contribution in [0.3, 0.4) is 0 Å². The summed E-state index contributed by atoms with van der Waals surface area (Å²) in [7, 11) is 0. The van der Waals surface area contributed by atoms with Gasteiger partial charge in [0, 0.05) is 11.1 Å². The number of rotatable bonds is 2. The van der Waals surface area contributed by atoms with Crippen molar-refractivity contribution < 1.29 is 4.79 Å². The van der Waals surface area contributed by atoms with Gasteiger partial charge in [0.05, 0.1) is 0 Å². The van der Waals surface area contributed by atoms with E-state index in [2.05, 4.69) is 0 Å². The van der Waals surface area contributed by atoms with Crippen LogP contribution < -0.4 is 5.73 Å². The highest BCUT2D eigenvalue weighted by Gasteiger charge is 1.95. The van der Waals surface area contributed by atoms with E-state index < -0.39 is 5.91 Å². The molecule has 0 atom stereocenters. The summed E-state index contributed by atoms with van der Waals surface area (Å²) in [6, 6.07) is 5.45. The van der Waals surface area contributed by atoms with Crippen LogP contribution in [0.15, 0.2) is 24.3 Å². The number of halogens is 1. The van der Waals surface area contributed by atoms with E-state index in [9.17, 15) is 4.79 Å². The topological polar surface area (TPSA) is 43.1 Å². The minimum Gasteiger partial charge on any atom is -0.366 e. The van der Waals surface area contributed by atoms with Crippen molar-refractivity contribution in [2.24, 2.45) is 5.73 Å². The molecular formula is C10H10ClNO.